The first kappa shape index (κ1) is 24.2. The molecule has 1 heterocycles. The summed E-state index contributed by atoms with van der Waals surface area (Å²) < 4.78 is 61.0. The second-order valence-corrected chi connectivity index (χ2v) is 10.9. The molecule has 32 heavy (non-hydrogen) atoms. The molecule has 0 aliphatic heterocycles. The maximum atomic E-state index is 14.1. The highest BCUT2D eigenvalue weighted by Crippen LogP contribution is 2.43. The summed E-state index contributed by atoms with van der Waals surface area (Å²) in [6.07, 6.45) is 3.58. The normalized spacial score (nSPS) is 21.4. The molecule has 0 radical (unpaired) electrons. The van der Waals surface area contributed by atoms with Gasteiger partial charge in [-0.2, -0.15) is 5.10 Å². The molecule has 1 aliphatic rings. The zero-order valence-corrected chi connectivity index (χ0v) is 19.5. The molecule has 0 N–H and O–H groups in total. The molecule has 0 amide bonds. The van der Waals surface area contributed by atoms with Gasteiger partial charge in [-0.15, -0.1) is 5.92 Å². The van der Waals surface area contributed by atoms with Gasteiger partial charge in [-0.1, -0.05) is 12.8 Å². The molecule has 1 aliphatic carbocycles. The summed E-state index contributed by atoms with van der Waals surface area (Å²) in [5.41, 5.74) is 1.63. The SMILES string of the molecule is CC#Cc1cnn(-c2ccc(OCC3CC(F)(F)CCC3C(C)S(=O)(=O)CCC)cc2)c1. The van der Waals surface area contributed by atoms with Crippen molar-refractivity contribution in [3.05, 3.63) is 42.2 Å². The van der Waals surface area contributed by atoms with E-state index in [1.807, 2.05) is 25.3 Å². The molecule has 3 atom stereocenters. The molecule has 8 heteroatoms. The summed E-state index contributed by atoms with van der Waals surface area (Å²) in [6.45, 7) is 5.28. The monoisotopic (exact) mass is 464 g/mol. The fraction of sp³-hybridized carbons (Fsp3) is 0.542. The van der Waals surface area contributed by atoms with Gasteiger partial charge in [0, 0.05) is 25.0 Å². The molecule has 5 nitrogen and oxygen atoms in total. The van der Waals surface area contributed by atoms with E-state index in [0.717, 1.165) is 11.3 Å². The van der Waals surface area contributed by atoms with E-state index < -0.39 is 26.9 Å². The molecular formula is C24H30F2N2O3S. The van der Waals surface area contributed by atoms with E-state index in [1.165, 1.54) is 0 Å². The van der Waals surface area contributed by atoms with Crippen LogP contribution in [0.15, 0.2) is 36.7 Å². The van der Waals surface area contributed by atoms with Crippen LogP contribution in [0.3, 0.4) is 0 Å². The number of sulfone groups is 1. The quantitative estimate of drug-likeness (QED) is 0.522. The summed E-state index contributed by atoms with van der Waals surface area (Å²) in [5, 5.41) is 3.61. The van der Waals surface area contributed by atoms with Crippen LogP contribution in [0.25, 0.3) is 5.69 Å². The third-order valence-electron chi connectivity index (χ3n) is 6.09. The fourth-order valence-corrected chi connectivity index (χ4v) is 6.19. The van der Waals surface area contributed by atoms with Crippen LogP contribution in [0.1, 0.15) is 52.0 Å². The molecule has 1 saturated carbocycles. The van der Waals surface area contributed by atoms with Crippen molar-refractivity contribution in [2.24, 2.45) is 11.8 Å². The number of rotatable bonds is 8. The number of ether oxygens (including phenoxy) is 1. The highest BCUT2D eigenvalue weighted by atomic mass is 32.2. The Labute approximate surface area is 189 Å². The summed E-state index contributed by atoms with van der Waals surface area (Å²) in [4.78, 5) is 0. The Morgan fingerprint density at radius 3 is 2.69 bits per heavy atom. The van der Waals surface area contributed by atoms with Crippen LogP contribution >= 0.6 is 0 Å². The number of benzene rings is 1. The Hall–Kier alpha value is -2.40. The van der Waals surface area contributed by atoms with Gasteiger partial charge in [-0.05, 0) is 56.9 Å². The topological polar surface area (TPSA) is 61.2 Å². The van der Waals surface area contributed by atoms with E-state index in [-0.39, 0.29) is 37.5 Å². The van der Waals surface area contributed by atoms with E-state index in [2.05, 4.69) is 16.9 Å². The van der Waals surface area contributed by atoms with Crippen molar-refractivity contribution in [3.8, 4) is 23.3 Å². The summed E-state index contributed by atoms with van der Waals surface area (Å²) in [7, 11) is -3.32. The maximum Gasteiger partial charge on any atom is 0.248 e. The smallest absolute Gasteiger partial charge is 0.248 e. The summed E-state index contributed by atoms with van der Waals surface area (Å²) in [5.74, 6) is 2.74. The highest BCUT2D eigenvalue weighted by Gasteiger charge is 2.45. The average Bonchev–Trinajstić information content (AvgIpc) is 3.20. The third kappa shape index (κ3) is 5.89. The first-order valence-corrected chi connectivity index (χ1v) is 12.7. The number of nitrogens with zero attached hydrogens (tertiary/aromatic N) is 2. The van der Waals surface area contributed by atoms with E-state index in [0.29, 0.717) is 12.2 Å². The molecule has 1 aromatic heterocycles. The van der Waals surface area contributed by atoms with Crippen molar-refractivity contribution in [1.29, 1.82) is 0 Å². The van der Waals surface area contributed by atoms with Crippen molar-refractivity contribution in [3.63, 3.8) is 0 Å². The lowest BCUT2D eigenvalue weighted by atomic mass is 9.76. The van der Waals surface area contributed by atoms with Gasteiger partial charge in [0.25, 0.3) is 0 Å². The Bertz CT molecular complexity index is 1070. The molecule has 2 aromatic rings. The van der Waals surface area contributed by atoms with Crippen LogP contribution in [0.2, 0.25) is 0 Å². The fourth-order valence-electron chi connectivity index (χ4n) is 4.36. The van der Waals surface area contributed by atoms with Crippen molar-refractivity contribution < 1.29 is 21.9 Å². The van der Waals surface area contributed by atoms with E-state index >= 15 is 0 Å². The molecule has 3 rings (SSSR count). The van der Waals surface area contributed by atoms with Crippen molar-refractivity contribution >= 4 is 9.84 Å². The third-order valence-corrected chi connectivity index (χ3v) is 8.54. The highest BCUT2D eigenvalue weighted by molar-refractivity contribution is 7.92. The number of aromatic nitrogens is 2. The second kappa shape index (κ2) is 10.0. The largest absolute Gasteiger partial charge is 0.493 e. The Balaban J connectivity index is 1.69. The first-order valence-electron chi connectivity index (χ1n) is 11.0. The molecule has 1 fully saturated rings. The van der Waals surface area contributed by atoms with Gasteiger partial charge in [-0.25, -0.2) is 21.9 Å². The van der Waals surface area contributed by atoms with E-state index in [4.69, 9.17) is 4.74 Å². The molecule has 0 saturated heterocycles. The van der Waals surface area contributed by atoms with Crippen molar-refractivity contribution in [2.75, 3.05) is 12.4 Å². The molecule has 1 aromatic carbocycles. The standard InChI is InChI=1S/C24H30F2N2O3S/c1-4-6-19-15-27-28(16-19)21-7-9-22(10-8-21)31-17-20-14-24(25,26)12-11-23(20)18(3)32(29,30)13-5-2/h7-10,15-16,18,20,23H,5,11-14,17H2,1-3H3. The molecule has 174 valence electrons. The minimum absolute atomic E-state index is 0.0591. The molecule has 0 bridgehead atoms. The van der Waals surface area contributed by atoms with Crippen LogP contribution in [0.5, 0.6) is 5.75 Å². The lowest BCUT2D eigenvalue weighted by Gasteiger charge is -2.38. The lowest BCUT2D eigenvalue weighted by Crippen LogP contribution is -2.43. The number of alkyl halides is 2. The van der Waals surface area contributed by atoms with Crippen LogP contribution in [-0.2, 0) is 9.84 Å². The Morgan fingerprint density at radius 1 is 1.31 bits per heavy atom. The van der Waals surface area contributed by atoms with Crippen molar-refractivity contribution in [2.45, 2.75) is 57.6 Å². The molecule has 3 unspecified atom stereocenters. The van der Waals surface area contributed by atoms with Gasteiger partial charge < -0.3 is 4.74 Å². The predicted octanol–water partition coefficient (Wildman–Crippen LogP) is 4.89. The van der Waals surface area contributed by atoms with Crippen molar-refractivity contribution in [1.82, 2.24) is 9.78 Å². The van der Waals surface area contributed by atoms with Crippen LogP contribution in [0.4, 0.5) is 8.78 Å². The molecule has 0 spiro atoms. The van der Waals surface area contributed by atoms with Gasteiger partial charge in [0.2, 0.25) is 5.92 Å². The summed E-state index contributed by atoms with van der Waals surface area (Å²) >= 11 is 0. The second-order valence-electron chi connectivity index (χ2n) is 8.45. The number of hydrogen-bond acceptors (Lipinski definition) is 4. The van der Waals surface area contributed by atoms with Crippen LogP contribution in [-0.4, -0.2) is 41.7 Å². The van der Waals surface area contributed by atoms with E-state index in [1.54, 1.807) is 36.9 Å². The van der Waals surface area contributed by atoms with Gasteiger partial charge in [0.15, 0.2) is 9.84 Å². The van der Waals surface area contributed by atoms with Gasteiger partial charge in [0.1, 0.15) is 5.75 Å². The minimum atomic E-state index is -3.32. The summed E-state index contributed by atoms with van der Waals surface area (Å²) in [6, 6.07) is 7.17. The number of halogens is 2. The average molecular weight is 465 g/mol. The maximum absolute atomic E-state index is 14.1. The van der Waals surface area contributed by atoms with Crippen LogP contribution < -0.4 is 4.74 Å². The Morgan fingerprint density at radius 2 is 2.03 bits per heavy atom. The first-order chi connectivity index (χ1) is 15.1. The van der Waals surface area contributed by atoms with Gasteiger partial charge in [0.05, 0.1) is 35.1 Å². The van der Waals surface area contributed by atoms with Gasteiger partial charge >= 0.3 is 0 Å². The number of hydrogen-bond donors (Lipinski definition) is 0. The Kier molecular flexibility index (Phi) is 7.60. The van der Waals surface area contributed by atoms with Gasteiger partial charge in [-0.3, -0.25) is 0 Å². The zero-order chi connectivity index (χ0) is 23.4. The van der Waals surface area contributed by atoms with E-state index in [9.17, 15) is 17.2 Å². The zero-order valence-electron chi connectivity index (χ0n) is 18.7. The predicted molar refractivity (Wildman–Crippen MR) is 121 cm³/mol. The lowest BCUT2D eigenvalue weighted by molar-refractivity contribution is -0.0766. The minimum Gasteiger partial charge on any atom is -0.493 e. The van der Waals surface area contributed by atoms with Crippen LogP contribution in [0, 0.1) is 23.7 Å². The molecular weight excluding hydrogens is 434 g/mol.